The monoisotopic (exact) mass is 316 g/mol. The Kier molecular flexibility index (Phi) is 2.64. The summed E-state index contributed by atoms with van der Waals surface area (Å²) in [6.45, 7) is 0.225. The van der Waals surface area contributed by atoms with Crippen molar-refractivity contribution in [1.82, 2.24) is 9.97 Å². The van der Waals surface area contributed by atoms with Crippen LogP contribution in [0.15, 0.2) is 48.5 Å². The van der Waals surface area contributed by atoms with Gasteiger partial charge in [0.25, 0.3) is 0 Å². The van der Waals surface area contributed by atoms with Crippen molar-refractivity contribution in [1.29, 1.82) is 0 Å². The van der Waals surface area contributed by atoms with Crippen molar-refractivity contribution in [2.75, 3.05) is 6.79 Å². The van der Waals surface area contributed by atoms with Gasteiger partial charge in [-0.05, 0) is 30.3 Å². The Hall–Kier alpha value is -3.34. The van der Waals surface area contributed by atoms with Gasteiger partial charge in [0.15, 0.2) is 17.8 Å². The highest BCUT2D eigenvalue weighted by molar-refractivity contribution is 6.12. The Balaban J connectivity index is 1.85. The number of para-hydroxylation sites is 1. The summed E-state index contributed by atoms with van der Waals surface area (Å²) >= 11 is 0. The van der Waals surface area contributed by atoms with Crippen LogP contribution in [0.5, 0.6) is 11.5 Å². The molecule has 1 N–H and O–H groups in total. The van der Waals surface area contributed by atoms with E-state index in [1.54, 1.807) is 0 Å². The molecule has 0 aliphatic carbocycles. The molecule has 2 aromatic heterocycles. The number of carbonyl (C=O) groups is 1. The van der Waals surface area contributed by atoms with Crippen molar-refractivity contribution in [3.05, 3.63) is 54.2 Å². The first-order valence-electron chi connectivity index (χ1n) is 7.60. The molecule has 0 unspecified atom stereocenters. The van der Waals surface area contributed by atoms with Gasteiger partial charge in [-0.25, -0.2) is 4.98 Å². The van der Waals surface area contributed by atoms with E-state index in [0.29, 0.717) is 11.4 Å². The lowest BCUT2D eigenvalue weighted by Crippen LogP contribution is -1.93. The molecule has 1 aliphatic heterocycles. The summed E-state index contributed by atoms with van der Waals surface area (Å²) in [5.74, 6) is 1.41. The number of H-pyrrole nitrogens is 1. The lowest BCUT2D eigenvalue weighted by atomic mass is 10.1. The Morgan fingerprint density at radius 2 is 1.88 bits per heavy atom. The van der Waals surface area contributed by atoms with Crippen molar-refractivity contribution in [2.45, 2.75) is 0 Å². The molecular formula is C19H12N2O3. The molecule has 3 heterocycles. The first kappa shape index (κ1) is 13.1. The number of aromatic nitrogens is 2. The van der Waals surface area contributed by atoms with Crippen molar-refractivity contribution in [3.63, 3.8) is 0 Å². The minimum Gasteiger partial charge on any atom is -0.454 e. The molecule has 0 saturated heterocycles. The third-order valence-corrected chi connectivity index (χ3v) is 4.28. The molecule has 116 valence electrons. The average Bonchev–Trinajstić information content (AvgIpc) is 3.24. The van der Waals surface area contributed by atoms with E-state index >= 15 is 0 Å². The summed E-state index contributed by atoms with van der Waals surface area (Å²) in [5, 5.41) is 2.05. The quantitative estimate of drug-likeness (QED) is 0.569. The van der Waals surface area contributed by atoms with Crippen LogP contribution in [0.1, 0.15) is 10.5 Å². The number of benzene rings is 2. The van der Waals surface area contributed by atoms with E-state index in [4.69, 9.17) is 9.47 Å². The number of nitrogens with zero attached hydrogens (tertiary/aromatic N) is 1. The van der Waals surface area contributed by atoms with Crippen LogP contribution in [0.4, 0.5) is 0 Å². The van der Waals surface area contributed by atoms with Crippen LogP contribution in [-0.2, 0) is 0 Å². The predicted octanol–water partition coefficient (Wildman–Crippen LogP) is 3.92. The zero-order chi connectivity index (χ0) is 16.1. The highest BCUT2D eigenvalue weighted by atomic mass is 16.7. The molecule has 0 spiro atoms. The summed E-state index contributed by atoms with van der Waals surface area (Å²) in [6, 6.07) is 15.5. The number of hydrogen-bond acceptors (Lipinski definition) is 4. The number of fused-ring (bicyclic) bond motifs is 4. The van der Waals surface area contributed by atoms with E-state index < -0.39 is 0 Å². The number of nitrogens with one attached hydrogen (secondary N) is 1. The second kappa shape index (κ2) is 4.83. The van der Waals surface area contributed by atoms with Gasteiger partial charge in [-0.1, -0.05) is 18.2 Å². The van der Waals surface area contributed by atoms with Gasteiger partial charge in [-0.3, -0.25) is 4.79 Å². The van der Waals surface area contributed by atoms with Gasteiger partial charge < -0.3 is 14.5 Å². The van der Waals surface area contributed by atoms with Gasteiger partial charge in [-0.2, -0.15) is 0 Å². The van der Waals surface area contributed by atoms with Gasteiger partial charge >= 0.3 is 0 Å². The highest BCUT2D eigenvalue weighted by Crippen LogP contribution is 2.38. The first-order valence-corrected chi connectivity index (χ1v) is 7.60. The van der Waals surface area contributed by atoms with Crippen LogP contribution in [0, 0.1) is 0 Å². The standard InChI is InChI=1S/C19H12N2O3/c22-9-12-8-14-13-3-1-2-4-15(13)21-19(14)18(20-12)11-5-6-16-17(7-11)24-10-23-16/h1-9,21H,10H2. The summed E-state index contributed by atoms with van der Waals surface area (Å²) < 4.78 is 10.8. The topological polar surface area (TPSA) is 64.2 Å². The maximum absolute atomic E-state index is 11.4. The third-order valence-electron chi connectivity index (χ3n) is 4.28. The zero-order valence-electron chi connectivity index (χ0n) is 12.6. The molecule has 0 bridgehead atoms. The Bertz CT molecular complexity index is 1110. The molecular weight excluding hydrogens is 304 g/mol. The third kappa shape index (κ3) is 1.81. The lowest BCUT2D eigenvalue weighted by molar-refractivity contribution is 0.111. The minimum absolute atomic E-state index is 0.225. The van der Waals surface area contributed by atoms with Crippen molar-refractivity contribution in [2.24, 2.45) is 0 Å². The van der Waals surface area contributed by atoms with E-state index in [0.717, 1.165) is 45.1 Å². The van der Waals surface area contributed by atoms with E-state index in [1.165, 1.54) is 0 Å². The molecule has 0 fully saturated rings. The Labute approximate surface area is 136 Å². The highest BCUT2D eigenvalue weighted by Gasteiger charge is 2.17. The van der Waals surface area contributed by atoms with Crippen LogP contribution in [0.25, 0.3) is 33.1 Å². The van der Waals surface area contributed by atoms with E-state index in [1.807, 2.05) is 48.5 Å². The molecule has 2 aromatic carbocycles. The zero-order valence-corrected chi connectivity index (χ0v) is 12.6. The molecule has 0 saturated carbocycles. The number of pyridine rings is 1. The van der Waals surface area contributed by atoms with Crippen molar-refractivity contribution in [3.8, 4) is 22.8 Å². The molecule has 0 radical (unpaired) electrons. The maximum Gasteiger partial charge on any atom is 0.231 e. The van der Waals surface area contributed by atoms with Crippen LogP contribution in [-0.4, -0.2) is 23.0 Å². The molecule has 1 aliphatic rings. The normalized spacial score (nSPS) is 12.8. The molecule has 5 heteroatoms. The van der Waals surface area contributed by atoms with E-state index in [9.17, 15) is 4.79 Å². The molecule has 24 heavy (non-hydrogen) atoms. The van der Waals surface area contributed by atoms with E-state index in [2.05, 4.69) is 9.97 Å². The predicted molar refractivity (Wildman–Crippen MR) is 90.5 cm³/mol. The molecule has 5 nitrogen and oxygen atoms in total. The SMILES string of the molecule is O=Cc1cc2c([nH]c3ccccc32)c(-c2ccc3c(c2)OCO3)n1. The van der Waals surface area contributed by atoms with Crippen molar-refractivity contribution < 1.29 is 14.3 Å². The van der Waals surface area contributed by atoms with Gasteiger partial charge in [0.1, 0.15) is 5.69 Å². The largest absolute Gasteiger partial charge is 0.454 e. The van der Waals surface area contributed by atoms with Gasteiger partial charge in [0.05, 0.1) is 11.2 Å². The fraction of sp³-hybridized carbons (Fsp3) is 0.0526. The molecule has 4 aromatic rings. The molecule has 5 rings (SSSR count). The van der Waals surface area contributed by atoms with Gasteiger partial charge in [-0.15, -0.1) is 0 Å². The van der Waals surface area contributed by atoms with Crippen LogP contribution < -0.4 is 9.47 Å². The molecule has 0 atom stereocenters. The summed E-state index contributed by atoms with van der Waals surface area (Å²) in [6.07, 6.45) is 0.775. The number of ether oxygens (including phenoxy) is 2. The summed E-state index contributed by atoms with van der Waals surface area (Å²) in [7, 11) is 0. The Morgan fingerprint density at radius 3 is 2.79 bits per heavy atom. The number of rotatable bonds is 2. The minimum atomic E-state index is 0.225. The summed E-state index contributed by atoms with van der Waals surface area (Å²) in [4.78, 5) is 19.3. The van der Waals surface area contributed by atoms with Crippen LogP contribution >= 0.6 is 0 Å². The van der Waals surface area contributed by atoms with E-state index in [-0.39, 0.29) is 6.79 Å². The number of carbonyl (C=O) groups excluding carboxylic acids is 1. The fourth-order valence-corrected chi connectivity index (χ4v) is 3.18. The second-order valence-electron chi connectivity index (χ2n) is 5.67. The Morgan fingerprint density at radius 1 is 1.00 bits per heavy atom. The number of aldehydes is 1. The van der Waals surface area contributed by atoms with Crippen LogP contribution in [0.3, 0.4) is 0 Å². The van der Waals surface area contributed by atoms with Crippen LogP contribution in [0.2, 0.25) is 0 Å². The average molecular weight is 316 g/mol. The fourth-order valence-electron chi connectivity index (χ4n) is 3.18. The number of aromatic amines is 1. The first-order chi connectivity index (χ1) is 11.8. The second-order valence-corrected chi connectivity index (χ2v) is 5.67. The summed E-state index contributed by atoms with van der Waals surface area (Å²) in [5.41, 5.74) is 3.92. The van der Waals surface area contributed by atoms with Crippen molar-refractivity contribution >= 4 is 28.1 Å². The smallest absolute Gasteiger partial charge is 0.231 e. The maximum atomic E-state index is 11.4. The molecule has 0 amide bonds. The van der Waals surface area contributed by atoms with Gasteiger partial charge in [0, 0.05) is 21.9 Å². The lowest BCUT2D eigenvalue weighted by Gasteiger charge is -2.05. The van der Waals surface area contributed by atoms with Gasteiger partial charge in [0.2, 0.25) is 6.79 Å². The number of hydrogen-bond donors (Lipinski definition) is 1.